The highest BCUT2D eigenvalue weighted by Gasteiger charge is 2.13. The first-order valence-corrected chi connectivity index (χ1v) is 9.57. The number of hydrogen-bond donors (Lipinski definition) is 2. The predicted octanol–water partition coefficient (Wildman–Crippen LogP) is 5.84. The van der Waals surface area contributed by atoms with Crippen LogP contribution in [0.15, 0.2) is 79.1 Å². The van der Waals surface area contributed by atoms with Crippen LogP contribution in [0, 0.1) is 11.6 Å². The van der Waals surface area contributed by atoms with Crippen molar-refractivity contribution in [2.45, 2.75) is 6.42 Å². The number of carboxylic acids is 1. The lowest BCUT2D eigenvalue weighted by molar-refractivity contribution is 0.0697. The summed E-state index contributed by atoms with van der Waals surface area (Å²) in [4.78, 5) is 19.1. The Balaban J connectivity index is 1.81. The Kier molecular flexibility index (Phi) is 5.71. The van der Waals surface area contributed by atoms with Gasteiger partial charge in [0.2, 0.25) is 0 Å². The molecule has 1 heterocycles. The molecule has 4 rings (SSSR count). The number of hydrogen-bond acceptors (Lipinski definition) is 2. The normalized spacial score (nSPS) is 11.5. The standard InChI is InChI=1S/C25H18F2N2O2/c26-20-6-2-17(3-7-20)19(15-24-28-11-12-29-24)13-16-1-10-22(25(30)31)23(14-16)18-4-8-21(27)9-5-18/h1-14H,15H2,(H,28,29)(H,30,31). The van der Waals surface area contributed by atoms with Gasteiger partial charge in [-0.3, -0.25) is 0 Å². The molecule has 31 heavy (non-hydrogen) atoms. The number of allylic oxidation sites excluding steroid dienone is 1. The SMILES string of the molecule is O=C(O)c1ccc(C=C(Cc2ncc[nH]2)c2ccc(F)cc2)cc1-c1ccc(F)cc1. The van der Waals surface area contributed by atoms with Gasteiger partial charge in [-0.15, -0.1) is 0 Å². The number of aromatic amines is 1. The van der Waals surface area contributed by atoms with Crippen LogP contribution in [0.1, 0.15) is 27.3 Å². The molecule has 0 spiro atoms. The second-order valence-electron chi connectivity index (χ2n) is 7.01. The molecule has 2 N–H and O–H groups in total. The van der Waals surface area contributed by atoms with Crippen LogP contribution < -0.4 is 0 Å². The predicted molar refractivity (Wildman–Crippen MR) is 115 cm³/mol. The zero-order valence-electron chi connectivity index (χ0n) is 16.3. The van der Waals surface area contributed by atoms with Crippen molar-refractivity contribution in [1.82, 2.24) is 9.97 Å². The van der Waals surface area contributed by atoms with E-state index in [4.69, 9.17) is 0 Å². The first kappa shape index (κ1) is 20.2. The minimum absolute atomic E-state index is 0.123. The van der Waals surface area contributed by atoms with Gasteiger partial charge in [-0.1, -0.05) is 36.4 Å². The van der Waals surface area contributed by atoms with Gasteiger partial charge < -0.3 is 10.1 Å². The van der Waals surface area contributed by atoms with Crippen molar-refractivity contribution in [3.05, 3.63) is 113 Å². The van der Waals surface area contributed by atoms with Gasteiger partial charge in [0.1, 0.15) is 17.5 Å². The maximum absolute atomic E-state index is 13.4. The summed E-state index contributed by atoms with van der Waals surface area (Å²) in [5, 5.41) is 9.59. The fraction of sp³-hybridized carbons (Fsp3) is 0.0400. The van der Waals surface area contributed by atoms with Gasteiger partial charge in [-0.2, -0.15) is 0 Å². The Morgan fingerprint density at radius 2 is 1.65 bits per heavy atom. The Hall–Kier alpha value is -4.06. The average molecular weight is 416 g/mol. The summed E-state index contributed by atoms with van der Waals surface area (Å²) in [5.41, 5.74) is 3.67. The van der Waals surface area contributed by atoms with Crippen molar-refractivity contribution < 1.29 is 18.7 Å². The molecule has 0 aliphatic rings. The smallest absolute Gasteiger partial charge is 0.336 e. The van der Waals surface area contributed by atoms with Crippen molar-refractivity contribution >= 4 is 17.6 Å². The third-order valence-corrected chi connectivity index (χ3v) is 4.90. The molecule has 0 unspecified atom stereocenters. The van der Waals surface area contributed by atoms with Crippen molar-refractivity contribution in [2.24, 2.45) is 0 Å². The first-order chi connectivity index (χ1) is 15.0. The molecule has 0 fully saturated rings. The van der Waals surface area contributed by atoms with E-state index in [-0.39, 0.29) is 11.4 Å². The molecular formula is C25H18F2N2O2. The molecule has 4 aromatic rings. The molecular weight excluding hydrogens is 398 g/mol. The van der Waals surface area contributed by atoms with Gasteiger partial charge >= 0.3 is 5.97 Å². The molecule has 6 heteroatoms. The summed E-state index contributed by atoms with van der Waals surface area (Å²) in [5.74, 6) is -1.04. The Morgan fingerprint density at radius 1 is 0.968 bits per heavy atom. The number of imidazole rings is 1. The summed E-state index contributed by atoms with van der Waals surface area (Å²) in [6, 6.07) is 16.8. The van der Waals surface area contributed by atoms with E-state index in [2.05, 4.69) is 9.97 Å². The third-order valence-electron chi connectivity index (χ3n) is 4.90. The topological polar surface area (TPSA) is 66.0 Å². The molecule has 0 saturated carbocycles. The van der Waals surface area contributed by atoms with Crippen molar-refractivity contribution in [3.63, 3.8) is 0 Å². The molecule has 0 aliphatic heterocycles. The summed E-state index contributed by atoms with van der Waals surface area (Å²) in [6.07, 6.45) is 5.78. The molecule has 0 bridgehead atoms. The number of carbonyl (C=O) groups is 1. The van der Waals surface area contributed by atoms with Crippen molar-refractivity contribution in [2.75, 3.05) is 0 Å². The van der Waals surface area contributed by atoms with Crippen LogP contribution in [0.5, 0.6) is 0 Å². The average Bonchev–Trinajstić information content (AvgIpc) is 3.27. The number of halogens is 2. The molecule has 1 aromatic heterocycles. The van der Waals surface area contributed by atoms with Crippen LogP contribution in [0.25, 0.3) is 22.8 Å². The Labute approximate surface area is 177 Å². The van der Waals surface area contributed by atoms with E-state index in [1.54, 1.807) is 48.8 Å². The maximum Gasteiger partial charge on any atom is 0.336 e. The number of rotatable bonds is 6. The van der Waals surface area contributed by atoms with Crippen LogP contribution in [-0.2, 0) is 6.42 Å². The number of benzene rings is 3. The molecule has 0 atom stereocenters. The number of nitrogens with one attached hydrogen (secondary N) is 1. The van der Waals surface area contributed by atoms with Crippen LogP contribution >= 0.6 is 0 Å². The minimum atomic E-state index is -1.07. The van der Waals surface area contributed by atoms with E-state index in [1.807, 2.05) is 6.08 Å². The third kappa shape index (κ3) is 4.75. The Bertz CT molecular complexity index is 1230. The molecule has 0 aliphatic carbocycles. The highest BCUT2D eigenvalue weighted by Crippen LogP contribution is 2.28. The monoisotopic (exact) mass is 416 g/mol. The quantitative estimate of drug-likeness (QED) is 0.388. The van der Waals surface area contributed by atoms with Crippen LogP contribution in [0.4, 0.5) is 8.78 Å². The number of nitrogens with zero attached hydrogens (tertiary/aromatic N) is 1. The first-order valence-electron chi connectivity index (χ1n) is 9.57. The fourth-order valence-corrected chi connectivity index (χ4v) is 3.38. The Morgan fingerprint density at radius 3 is 2.26 bits per heavy atom. The lowest BCUT2D eigenvalue weighted by Crippen LogP contribution is -2.00. The van der Waals surface area contributed by atoms with Crippen molar-refractivity contribution in [3.8, 4) is 11.1 Å². The number of carboxylic acid groups (broad SMARTS) is 1. The van der Waals surface area contributed by atoms with Crippen LogP contribution in [-0.4, -0.2) is 21.0 Å². The van der Waals surface area contributed by atoms with E-state index < -0.39 is 11.8 Å². The van der Waals surface area contributed by atoms with E-state index in [9.17, 15) is 18.7 Å². The summed E-state index contributed by atoms with van der Waals surface area (Å²) in [6.45, 7) is 0. The molecule has 154 valence electrons. The molecule has 4 nitrogen and oxygen atoms in total. The van der Waals surface area contributed by atoms with Gasteiger partial charge in [0.25, 0.3) is 0 Å². The molecule has 0 radical (unpaired) electrons. The van der Waals surface area contributed by atoms with Gasteiger partial charge in [-0.05, 0) is 64.2 Å². The number of aromatic nitrogens is 2. The highest BCUT2D eigenvalue weighted by molar-refractivity contribution is 5.97. The van der Waals surface area contributed by atoms with E-state index in [0.29, 0.717) is 17.5 Å². The van der Waals surface area contributed by atoms with E-state index in [1.165, 1.54) is 30.3 Å². The van der Waals surface area contributed by atoms with Crippen molar-refractivity contribution in [1.29, 1.82) is 0 Å². The van der Waals surface area contributed by atoms with E-state index in [0.717, 1.165) is 22.5 Å². The van der Waals surface area contributed by atoms with Gasteiger partial charge in [0, 0.05) is 18.8 Å². The molecule has 0 saturated heterocycles. The zero-order valence-corrected chi connectivity index (χ0v) is 16.3. The minimum Gasteiger partial charge on any atom is -0.478 e. The summed E-state index contributed by atoms with van der Waals surface area (Å²) in [7, 11) is 0. The van der Waals surface area contributed by atoms with Crippen LogP contribution in [0.3, 0.4) is 0 Å². The number of aromatic carboxylic acids is 1. The summed E-state index contributed by atoms with van der Waals surface area (Å²) < 4.78 is 26.8. The highest BCUT2D eigenvalue weighted by atomic mass is 19.1. The molecule has 3 aromatic carbocycles. The fourth-order valence-electron chi connectivity index (χ4n) is 3.38. The largest absolute Gasteiger partial charge is 0.478 e. The van der Waals surface area contributed by atoms with Gasteiger partial charge in [-0.25, -0.2) is 18.6 Å². The molecule has 0 amide bonds. The number of H-pyrrole nitrogens is 1. The second kappa shape index (κ2) is 8.75. The lowest BCUT2D eigenvalue weighted by atomic mass is 9.94. The van der Waals surface area contributed by atoms with Gasteiger partial charge in [0.05, 0.1) is 5.56 Å². The zero-order chi connectivity index (χ0) is 21.8. The van der Waals surface area contributed by atoms with Crippen LogP contribution in [0.2, 0.25) is 0 Å². The second-order valence-corrected chi connectivity index (χ2v) is 7.01. The van der Waals surface area contributed by atoms with Gasteiger partial charge in [0.15, 0.2) is 0 Å². The summed E-state index contributed by atoms with van der Waals surface area (Å²) >= 11 is 0. The lowest BCUT2D eigenvalue weighted by Gasteiger charge is -2.11. The maximum atomic E-state index is 13.4. The van der Waals surface area contributed by atoms with E-state index >= 15 is 0 Å².